The van der Waals surface area contributed by atoms with Crippen LogP contribution in [-0.2, 0) is 11.3 Å². The van der Waals surface area contributed by atoms with Crippen LogP contribution >= 0.6 is 0 Å². The third-order valence-corrected chi connectivity index (χ3v) is 3.73. The minimum absolute atomic E-state index is 0.0497. The van der Waals surface area contributed by atoms with Gasteiger partial charge < -0.3 is 10.2 Å². The summed E-state index contributed by atoms with van der Waals surface area (Å²) in [5, 5.41) is 2.86. The maximum absolute atomic E-state index is 12.4. The van der Waals surface area contributed by atoms with Crippen LogP contribution < -0.4 is 15.1 Å². The number of nitrogens with one attached hydrogen (secondary N) is 1. The van der Waals surface area contributed by atoms with Crippen LogP contribution in [0.3, 0.4) is 0 Å². The Labute approximate surface area is 129 Å². The smallest absolute Gasteiger partial charge is 0.322 e. The molecule has 0 bridgehead atoms. The van der Waals surface area contributed by atoms with Gasteiger partial charge in [-0.2, -0.15) is 0 Å². The number of anilines is 2. The van der Waals surface area contributed by atoms with Gasteiger partial charge in [0.25, 0.3) is 0 Å². The Kier molecular flexibility index (Phi) is 3.78. The molecule has 5 heteroatoms. The number of para-hydroxylation sites is 2. The number of urea groups is 1. The van der Waals surface area contributed by atoms with Crippen molar-refractivity contribution in [2.75, 3.05) is 23.4 Å². The molecule has 0 atom stereocenters. The lowest BCUT2D eigenvalue weighted by atomic mass is 10.1. The molecule has 1 aliphatic heterocycles. The van der Waals surface area contributed by atoms with Crippen molar-refractivity contribution in [3.05, 3.63) is 60.2 Å². The lowest BCUT2D eigenvalue weighted by molar-refractivity contribution is -0.117. The van der Waals surface area contributed by atoms with E-state index in [9.17, 15) is 9.59 Å². The van der Waals surface area contributed by atoms with Gasteiger partial charge in [0.05, 0.1) is 11.4 Å². The van der Waals surface area contributed by atoms with Crippen molar-refractivity contribution in [1.29, 1.82) is 0 Å². The van der Waals surface area contributed by atoms with E-state index in [0.717, 1.165) is 16.9 Å². The minimum atomic E-state index is -0.266. The van der Waals surface area contributed by atoms with Gasteiger partial charge in [-0.15, -0.1) is 0 Å². The van der Waals surface area contributed by atoms with Gasteiger partial charge in [-0.25, -0.2) is 4.79 Å². The Bertz CT molecular complexity index is 700. The van der Waals surface area contributed by atoms with E-state index in [1.807, 2.05) is 54.6 Å². The number of rotatable bonds is 2. The molecule has 0 saturated heterocycles. The second kappa shape index (κ2) is 5.89. The van der Waals surface area contributed by atoms with Crippen molar-refractivity contribution in [2.24, 2.45) is 0 Å². The van der Waals surface area contributed by atoms with Crippen LogP contribution in [-0.4, -0.2) is 25.5 Å². The quantitative estimate of drug-likeness (QED) is 0.925. The van der Waals surface area contributed by atoms with Gasteiger partial charge in [0.2, 0.25) is 5.91 Å². The van der Waals surface area contributed by atoms with Crippen molar-refractivity contribution in [2.45, 2.75) is 6.54 Å². The van der Waals surface area contributed by atoms with Crippen LogP contribution in [0.5, 0.6) is 0 Å². The second-order valence-corrected chi connectivity index (χ2v) is 5.17. The first-order chi connectivity index (χ1) is 10.7. The molecule has 0 radical (unpaired) electrons. The van der Waals surface area contributed by atoms with Crippen molar-refractivity contribution >= 4 is 23.3 Å². The van der Waals surface area contributed by atoms with Crippen LogP contribution in [0.4, 0.5) is 16.2 Å². The monoisotopic (exact) mass is 295 g/mol. The van der Waals surface area contributed by atoms with Crippen LogP contribution in [0.25, 0.3) is 0 Å². The van der Waals surface area contributed by atoms with E-state index in [4.69, 9.17) is 0 Å². The van der Waals surface area contributed by atoms with E-state index in [-0.39, 0.29) is 18.5 Å². The van der Waals surface area contributed by atoms with Gasteiger partial charge in [-0.1, -0.05) is 42.5 Å². The molecule has 22 heavy (non-hydrogen) atoms. The largest absolute Gasteiger partial charge is 0.334 e. The summed E-state index contributed by atoms with van der Waals surface area (Å²) in [7, 11) is 1.72. The Morgan fingerprint density at radius 3 is 2.41 bits per heavy atom. The average Bonchev–Trinajstić information content (AvgIpc) is 2.57. The van der Waals surface area contributed by atoms with Gasteiger partial charge in [-0.05, 0) is 17.7 Å². The zero-order chi connectivity index (χ0) is 15.5. The molecule has 0 unspecified atom stereocenters. The van der Waals surface area contributed by atoms with E-state index in [0.29, 0.717) is 6.54 Å². The number of nitrogens with zero attached hydrogens (tertiary/aromatic N) is 2. The summed E-state index contributed by atoms with van der Waals surface area (Å²) in [5.41, 5.74) is 2.51. The highest BCUT2D eigenvalue weighted by atomic mass is 16.2. The zero-order valence-electron chi connectivity index (χ0n) is 12.3. The van der Waals surface area contributed by atoms with Crippen molar-refractivity contribution in [3.63, 3.8) is 0 Å². The minimum Gasteiger partial charge on any atom is -0.334 e. The summed E-state index contributed by atoms with van der Waals surface area (Å²) in [6, 6.07) is 16.8. The van der Waals surface area contributed by atoms with E-state index >= 15 is 0 Å². The van der Waals surface area contributed by atoms with E-state index in [1.165, 1.54) is 4.90 Å². The molecule has 1 N–H and O–H groups in total. The summed E-state index contributed by atoms with van der Waals surface area (Å²) in [6.45, 7) is 0.483. The van der Waals surface area contributed by atoms with Crippen molar-refractivity contribution in [3.8, 4) is 0 Å². The highest BCUT2D eigenvalue weighted by molar-refractivity contribution is 6.10. The Morgan fingerprint density at radius 1 is 1.05 bits per heavy atom. The number of benzene rings is 2. The van der Waals surface area contributed by atoms with E-state index < -0.39 is 0 Å². The summed E-state index contributed by atoms with van der Waals surface area (Å²) in [5.74, 6) is -0.103. The van der Waals surface area contributed by atoms with Crippen LogP contribution in [0.2, 0.25) is 0 Å². The first kappa shape index (κ1) is 14.1. The lowest BCUT2D eigenvalue weighted by Gasteiger charge is -2.34. The fraction of sp³-hybridized carbons (Fsp3) is 0.176. The molecule has 5 nitrogen and oxygen atoms in total. The average molecular weight is 295 g/mol. The van der Waals surface area contributed by atoms with Gasteiger partial charge in [0.1, 0.15) is 6.54 Å². The topological polar surface area (TPSA) is 52.7 Å². The predicted molar refractivity (Wildman–Crippen MR) is 85.9 cm³/mol. The van der Waals surface area contributed by atoms with Gasteiger partial charge >= 0.3 is 6.03 Å². The fourth-order valence-corrected chi connectivity index (χ4v) is 2.49. The third kappa shape index (κ3) is 2.65. The standard InChI is InChI=1S/C17H17N3O2/c1-19-14-9-5-6-10-15(14)20(12-16(19)21)17(22)18-11-13-7-3-2-4-8-13/h2-10H,11-12H2,1H3,(H,18,22). The molecule has 2 aromatic rings. The molecule has 0 fully saturated rings. The second-order valence-electron chi connectivity index (χ2n) is 5.17. The van der Waals surface area contributed by atoms with Crippen molar-refractivity contribution in [1.82, 2.24) is 5.32 Å². The molecule has 0 aliphatic carbocycles. The molecule has 0 aromatic heterocycles. The Morgan fingerprint density at radius 2 is 1.68 bits per heavy atom. The Balaban J connectivity index is 1.78. The normalized spacial score (nSPS) is 13.8. The maximum atomic E-state index is 12.4. The molecular weight excluding hydrogens is 278 g/mol. The van der Waals surface area contributed by atoms with Gasteiger partial charge in [-0.3, -0.25) is 9.69 Å². The zero-order valence-corrected chi connectivity index (χ0v) is 12.3. The lowest BCUT2D eigenvalue weighted by Crippen LogP contribution is -2.50. The molecule has 1 aliphatic rings. The van der Waals surface area contributed by atoms with E-state index in [2.05, 4.69) is 5.32 Å². The predicted octanol–water partition coefficient (Wildman–Crippen LogP) is 2.38. The third-order valence-electron chi connectivity index (χ3n) is 3.73. The SMILES string of the molecule is CN1C(=O)CN(C(=O)NCc2ccccc2)c2ccccc21. The maximum Gasteiger partial charge on any atom is 0.322 e. The molecular formula is C17H17N3O2. The molecule has 112 valence electrons. The van der Waals surface area contributed by atoms with Crippen molar-refractivity contribution < 1.29 is 9.59 Å². The number of amides is 3. The van der Waals surface area contributed by atoms with Gasteiger partial charge in [0, 0.05) is 13.6 Å². The van der Waals surface area contributed by atoms with Crippen LogP contribution in [0, 0.1) is 0 Å². The highest BCUT2D eigenvalue weighted by Gasteiger charge is 2.30. The summed E-state index contributed by atoms with van der Waals surface area (Å²) >= 11 is 0. The number of carbonyl (C=O) groups is 2. The first-order valence-electron chi connectivity index (χ1n) is 7.11. The molecule has 1 heterocycles. The van der Waals surface area contributed by atoms with Gasteiger partial charge in [0.15, 0.2) is 0 Å². The fourth-order valence-electron chi connectivity index (χ4n) is 2.49. The molecule has 3 amide bonds. The van der Waals surface area contributed by atoms with Crippen LogP contribution in [0.1, 0.15) is 5.56 Å². The summed E-state index contributed by atoms with van der Waals surface area (Å²) < 4.78 is 0. The number of carbonyl (C=O) groups excluding carboxylic acids is 2. The van der Waals surface area contributed by atoms with Crippen LogP contribution in [0.15, 0.2) is 54.6 Å². The summed E-state index contributed by atoms with van der Waals surface area (Å²) in [4.78, 5) is 27.5. The summed E-state index contributed by atoms with van der Waals surface area (Å²) in [6.07, 6.45) is 0. The molecule has 3 rings (SSSR count). The number of fused-ring (bicyclic) bond motifs is 1. The number of hydrogen-bond acceptors (Lipinski definition) is 2. The first-order valence-corrected chi connectivity index (χ1v) is 7.11. The van der Waals surface area contributed by atoms with E-state index in [1.54, 1.807) is 11.9 Å². The molecule has 2 aromatic carbocycles. The highest BCUT2D eigenvalue weighted by Crippen LogP contribution is 2.32. The Hall–Kier alpha value is -2.82. The molecule has 0 saturated carbocycles. The number of likely N-dealkylation sites (N-methyl/N-ethyl adjacent to an activating group) is 1. The number of hydrogen-bond donors (Lipinski definition) is 1. The molecule has 0 spiro atoms.